The third kappa shape index (κ3) is 3.02. The molecule has 4 heteroatoms. The SMILES string of the molecule is OB(O)c1c2ccccc2c(-c2ccc(-n3c4ccccc4c4ccccc43)cc2)c2ccccc12. The van der Waals surface area contributed by atoms with E-state index in [-0.39, 0.29) is 0 Å². The third-order valence-corrected chi connectivity index (χ3v) is 7.23. The Morgan fingerprint density at radius 2 is 0.861 bits per heavy atom. The lowest BCUT2D eigenvalue weighted by Gasteiger charge is -2.17. The summed E-state index contributed by atoms with van der Waals surface area (Å²) in [5.41, 5.74) is 6.21. The van der Waals surface area contributed by atoms with Gasteiger partial charge in [-0.2, -0.15) is 0 Å². The Balaban J connectivity index is 1.49. The third-order valence-electron chi connectivity index (χ3n) is 7.23. The largest absolute Gasteiger partial charge is 0.489 e. The fourth-order valence-corrected chi connectivity index (χ4v) is 5.73. The Bertz CT molecular complexity index is 1810. The van der Waals surface area contributed by atoms with E-state index in [1.54, 1.807) is 0 Å². The highest BCUT2D eigenvalue weighted by Gasteiger charge is 2.22. The van der Waals surface area contributed by atoms with E-state index >= 15 is 0 Å². The number of rotatable bonds is 3. The normalized spacial score (nSPS) is 11.6. The molecule has 0 radical (unpaired) electrons. The smallest absolute Gasteiger partial charge is 0.423 e. The number of hydrogen-bond acceptors (Lipinski definition) is 2. The maximum Gasteiger partial charge on any atom is 0.489 e. The van der Waals surface area contributed by atoms with Crippen LogP contribution in [0.25, 0.3) is 60.2 Å². The molecule has 0 spiro atoms. The average molecular weight is 463 g/mol. The molecule has 0 aliphatic rings. The van der Waals surface area contributed by atoms with Crippen molar-refractivity contribution in [2.45, 2.75) is 0 Å². The Kier molecular flexibility index (Phi) is 4.71. The van der Waals surface area contributed by atoms with Crippen LogP contribution >= 0.6 is 0 Å². The van der Waals surface area contributed by atoms with Crippen molar-refractivity contribution in [2.24, 2.45) is 0 Å². The molecule has 36 heavy (non-hydrogen) atoms. The lowest BCUT2D eigenvalue weighted by atomic mass is 9.72. The molecule has 0 aliphatic carbocycles. The predicted molar refractivity (Wildman–Crippen MR) is 151 cm³/mol. The minimum absolute atomic E-state index is 0.548. The topological polar surface area (TPSA) is 45.4 Å². The first-order valence-electron chi connectivity index (χ1n) is 12.1. The fraction of sp³-hybridized carbons (Fsp3) is 0. The standard InChI is InChI=1S/C32H22BNO2/c35-33(36)32-27-13-3-1-11-25(27)31(26-12-2-4-14-28(26)32)21-17-19-22(20-18-21)34-29-15-7-5-9-23(29)24-10-6-8-16-30(24)34/h1-20,35-36H. The van der Waals surface area contributed by atoms with Crippen LogP contribution in [-0.2, 0) is 0 Å². The quantitative estimate of drug-likeness (QED) is 0.234. The highest BCUT2D eigenvalue weighted by atomic mass is 16.4. The Morgan fingerprint density at radius 3 is 1.33 bits per heavy atom. The number of fused-ring (bicyclic) bond motifs is 5. The molecule has 6 aromatic carbocycles. The van der Waals surface area contributed by atoms with E-state index in [0.717, 1.165) is 38.4 Å². The zero-order valence-electron chi connectivity index (χ0n) is 19.5. The molecule has 1 heterocycles. The molecule has 1 aromatic heterocycles. The fourth-order valence-electron chi connectivity index (χ4n) is 5.73. The Labute approximate surface area is 208 Å². The summed E-state index contributed by atoms with van der Waals surface area (Å²) < 4.78 is 2.32. The van der Waals surface area contributed by atoms with E-state index in [9.17, 15) is 10.0 Å². The van der Waals surface area contributed by atoms with Gasteiger partial charge in [0.15, 0.2) is 0 Å². The zero-order chi connectivity index (χ0) is 24.2. The van der Waals surface area contributed by atoms with Crippen LogP contribution in [-0.4, -0.2) is 21.7 Å². The van der Waals surface area contributed by atoms with E-state index in [4.69, 9.17) is 0 Å². The number of benzene rings is 6. The van der Waals surface area contributed by atoms with E-state index in [1.165, 1.54) is 21.8 Å². The van der Waals surface area contributed by atoms with Gasteiger partial charge in [-0.3, -0.25) is 0 Å². The highest BCUT2D eigenvalue weighted by molar-refractivity contribution is 6.66. The molecular weight excluding hydrogens is 441 g/mol. The highest BCUT2D eigenvalue weighted by Crippen LogP contribution is 2.37. The van der Waals surface area contributed by atoms with Gasteiger partial charge in [-0.15, -0.1) is 0 Å². The molecule has 0 atom stereocenters. The minimum atomic E-state index is -1.55. The van der Waals surface area contributed by atoms with E-state index < -0.39 is 7.12 Å². The van der Waals surface area contributed by atoms with Gasteiger partial charge in [0.05, 0.1) is 11.0 Å². The lowest BCUT2D eigenvalue weighted by molar-refractivity contribution is 0.426. The van der Waals surface area contributed by atoms with Gasteiger partial charge in [-0.1, -0.05) is 97.1 Å². The molecule has 0 unspecified atom stereocenters. The van der Waals surface area contributed by atoms with Crippen LogP contribution in [0, 0.1) is 0 Å². The van der Waals surface area contributed by atoms with E-state index in [1.807, 2.05) is 36.4 Å². The molecular formula is C32H22BNO2. The van der Waals surface area contributed by atoms with E-state index in [0.29, 0.717) is 5.46 Å². The summed E-state index contributed by atoms with van der Waals surface area (Å²) in [5.74, 6) is 0. The Morgan fingerprint density at radius 1 is 0.444 bits per heavy atom. The van der Waals surface area contributed by atoms with Gasteiger partial charge in [-0.05, 0) is 62.4 Å². The van der Waals surface area contributed by atoms with Crippen molar-refractivity contribution in [1.82, 2.24) is 4.57 Å². The van der Waals surface area contributed by atoms with Gasteiger partial charge >= 0.3 is 7.12 Å². The predicted octanol–water partition coefficient (Wildman–Crippen LogP) is 6.44. The van der Waals surface area contributed by atoms with Gasteiger partial charge in [-0.25, -0.2) is 0 Å². The average Bonchev–Trinajstić information content (AvgIpc) is 3.26. The second-order valence-corrected chi connectivity index (χ2v) is 9.17. The molecule has 0 fully saturated rings. The number of nitrogens with zero attached hydrogens (tertiary/aromatic N) is 1. The summed E-state index contributed by atoms with van der Waals surface area (Å²) >= 11 is 0. The molecule has 2 N–H and O–H groups in total. The number of hydrogen-bond donors (Lipinski definition) is 2. The van der Waals surface area contributed by atoms with Gasteiger partial charge in [0.25, 0.3) is 0 Å². The summed E-state index contributed by atoms with van der Waals surface area (Å²) in [5, 5.41) is 26.7. The second kappa shape index (κ2) is 8.09. The molecule has 3 nitrogen and oxygen atoms in total. The van der Waals surface area contributed by atoms with Gasteiger partial charge in [0.2, 0.25) is 0 Å². The summed E-state index contributed by atoms with van der Waals surface area (Å²) in [6, 6.07) is 41.7. The monoisotopic (exact) mass is 463 g/mol. The van der Waals surface area contributed by atoms with Crippen LogP contribution in [0.5, 0.6) is 0 Å². The van der Waals surface area contributed by atoms with Gasteiger partial charge < -0.3 is 14.6 Å². The van der Waals surface area contributed by atoms with Crippen LogP contribution in [0.3, 0.4) is 0 Å². The minimum Gasteiger partial charge on any atom is -0.423 e. The van der Waals surface area contributed by atoms with Crippen LogP contribution < -0.4 is 5.46 Å². The van der Waals surface area contributed by atoms with Crippen molar-refractivity contribution in [3.05, 3.63) is 121 Å². The van der Waals surface area contributed by atoms with Crippen LogP contribution in [0.4, 0.5) is 0 Å². The molecule has 0 aliphatic heterocycles. The molecule has 7 rings (SSSR count). The molecule has 170 valence electrons. The summed E-state index contributed by atoms with van der Waals surface area (Å²) in [6.07, 6.45) is 0. The van der Waals surface area contributed by atoms with Crippen molar-refractivity contribution in [2.75, 3.05) is 0 Å². The van der Waals surface area contributed by atoms with Crippen LogP contribution in [0.15, 0.2) is 121 Å². The van der Waals surface area contributed by atoms with Crippen molar-refractivity contribution in [3.63, 3.8) is 0 Å². The first-order valence-corrected chi connectivity index (χ1v) is 12.1. The molecule has 0 saturated carbocycles. The number of para-hydroxylation sites is 2. The van der Waals surface area contributed by atoms with Gasteiger partial charge in [0.1, 0.15) is 0 Å². The summed E-state index contributed by atoms with van der Waals surface area (Å²) in [6.45, 7) is 0. The maximum absolute atomic E-state index is 10.2. The maximum atomic E-state index is 10.2. The molecule has 7 aromatic rings. The van der Waals surface area contributed by atoms with Crippen molar-refractivity contribution in [3.8, 4) is 16.8 Å². The van der Waals surface area contributed by atoms with Crippen LogP contribution in [0.2, 0.25) is 0 Å². The first kappa shape index (κ1) is 21.0. The van der Waals surface area contributed by atoms with Crippen molar-refractivity contribution >= 4 is 55.9 Å². The molecule has 0 saturated heterocycles. The summed E-state index contributed by atoms with van der Waals surface area (Å²) in [7, 11) is -1.55. The second-order valence-electron chi connectivity index (χ2n) is 9.17. The van der Waals surface area contributed by atoms with Crippen LogP contribution in [0.1, 0.15) is 0 Å². The summed E-state index contributed by atoms with van der Waals surface area (Å²) in [4.78, 5) is 0. The zero-order valence-corrected chi connectivity index (χ0v) is 19.5. The van der Waals surface area contributed by atoms with Crippen molar-refractivity contribution in [1.29, 1.82) is 0 Å². The molecule has 0 bridgehead atoms. The van der Waals surface area contributed by atoms with E-state index in [2.05, 4.69) is 89.5 Å². The van der Waals surface area contributed by atoms with Gasteiger partial charge in [0, 0.05) is 16.5 Å². The lowest BCUT2D eigenvalue weighted by Crippen LogP contribution is -2.31. The first-order chi connectivity index (χ1) is 17.7. The number of aromatic nitrogens is 1. The Hall–Kier alpha value is -4.38. The van der Waals surface area contributed by atoms with Crippen molar-refractivity contribution < 1.29 is 10.0 Å². The molecule has 0 amide bonds.